The smallest absolute Gasteiger partial charge is 0.128 e. The zero-order valence-electron chi connectivity index (χ0n) is 6.50. The minimum Gasteiger partial charge on any atom is -0.383 e. The molecule has 64 valence electrons. The summed E-state index contributed by atoms with van der Waals surface area (Å²) < 4.78 is 0. The van der Waals surface area contributed by atoms with Crippen LogP contribution in [0.2, 0.25) is 5.02 Å². The SMILES string of the molecule is C=C[C@H](N)c1cc(Cl)cnc1N. The Bertz CT molecular complexity index is 298. The Morgan fingerprint density at radius 3 is 2.92 bits per heavy atom. The molecule has 1 aromatic heterocycles. The van der Waals surface area contributed by atoms with Gasteiger partial charge in [-0.3, -0.25) is 0 Å². The lowest BCUT2D eigenvalue weighted by atomic mass is 10.1. The summed E-state index contributed by atoms with van der Waals surface area (Å²) in [5, 5.41) is 0.525. The molecule has 0 unspecified atom stereocenters. The van der Waals surface area contributed by atoms with Crippen LogP contribution in [0, 0.1) is 0 Å². The Kier molecular flexibility index (Phi) is 2.68. The standard InChI is InChI=1S/C8H10ClN3/c1-2-7(10)6-3-5(9)4-12-8(6)11/h2-4,7H,1,10H2,(H2,11,12)/t7-/m0/s1. The molecule has 0 amide bonds. The van der Waals surface area contributed by atoms with Gasteiger partial charge in [0.15, 0.2) is 0 Å². The normalized spacial score (nSPS) is 12.5. The highest BCUT2D eigenvalue weighted by Gasteiger charge is 2.06. The van der Waals surface area contributed by atoms with Crippen LogP contribution in [0.5, 0.6) is 0 Å². The first-order chi connectivity index (χ1) is 5.65. The number of hydrogen-bond acceptors (Lipinski definition) is 3. The molecular weight excluding hydrogens is 174 g/mol. The summed E-state index contributed by atoms with van der Waals surface area (Å²) >= 11 is 5.71. The Morgan fingerprint density at radius 2 is 2.33 bits per heavy atom. The largest absolute Gasteiger partial charge is 0.383 e. The maximum Gasteiger partial charge on any atom is 0.128 e. The van der Waals surface area contributed by atoms with Crippen LogP contribution in [0.4, 0.5) is 5.82 Å². The van der Waals surface area contributed by atoms with Crippen LogP contribution >= 0.6 is 11.6 Å². The van der Waals surface area contributed by atoms with E-state index in [-0.39, 0.29) is 6.04 Å². The highest BCUT2D eigenvalue weighted by Crippen LogP contribution is 2.20. The highest BCUT2D eigenvalue weighted by molar-refractivity contribution is 6.30. The van der Waals surface area contributed by atoms with Gasteiger partial charge in [0, 0.05) is 11.8 Å². The second-order valence-corrected chi connectivity index (χ2v) is 2.83. The molecule has 0 fully saturated rings. The number of nitrogens with zero attached hydrogens (tertiary/aromatic N) is 1. The van der Waals surface area contributed by atoms with Crippen LogP contribution < -0.4 is 11.5 Å². The molecule has 0 saturated carbocycles. The first-order valence-electron chi connectivity index (χ1n) is 3.44. The molecule has 1 atom stereocenters. The van der Waals surface area contributed by atoms with Gasteiger partial charge in [-0.15, -0.1) is 6.58 Å². The van der Waals surface area contributed by atoms with E-state index in [1.165, 1.54) is 6.20 Å². The fourth-order valence-corrected chi connectivity index (χ4v) is 1.03. The number of pyridine rings is 1. The summed E-state index contributed by atoms with van der Waals surface area (Å²) in [6.45, 7) is 3.56. The van der Waals surface area contributed by atoms with Crippen molar-refractivity contribution in [3.05, 3.63) is 35.5 Å². The Morgan fingerprint density at radius 1 is 1.67 bits per heavy atom. The summed E-state index contributed by atoms with van der Waals surface area (Å²) in [6, 6.07) is 1.38. The van der Waals surface area contributed by atoms with Gasteiger partial charge in [-0.25, -0.2) is 4.98 Å². The van der Waals surface area contributed by atoms with Crippen molar-refractivity contribution >= 4 is 17.4 Å². The summed E-state index contributed by atoms with van der Waals surface area (Å²) in [7, 11) is 0. The Balaban J connectivity index is 3.12. The molecule has 0 aliphatic rings. The molecule has 0 aliphatic carbocycles. The van der Waals surface area contributed by atoms with E-state index in [1.54, 1.807) is 12.1 Å². The predicted molar refractivity (Wildman–Crippen MR) is 50.8 cm³/mol. The van der Waals surface area contributed by atoms with Crippen molar-refractivity contribution in [1.82, 2.24) is 4.98 Å². The third-order valence-corrected chi connectivity index (χ3v) is 1.74. The zero-order chi connectivity index (χ0) is 9.14. The Labute approximate surface area is 76.0 Å². The minimum atomic E-state index is -0.309. The lowest BCUT2D eigenvalue weighted by Crippen LogP contribution is -2.10. The monoisotopic (exact) mass is 183 g/mol. The van der Waals surface area contributed by atoms with Gasteiger partial charge in [-0.1, -0.05) is 17.7 Å². The van der Waals surface area contributed by atoms with E-state index in [9.17, 15) is 0 Å². The van der Waals surface area contributed by atoms with Gasteiger partial charge in [0.2, 0.25) is 0 Å². The van der Waals surface area contributed by atoms with Crippen LogP contribution in [0.1, 0.15) is 11.6 Å². The quantitative estimate of drug-likeness (QED) is 0.683. The number of anilines is 1. The van der Waals surface area contributed by atoms with Crippen LogP contribution in [0.15, 0.2) is 24.9 Å². The summed E-state index contributed by atoms with van der Waals surface area (Å²) in [5.41, 5.74) is 11.9. The summed E-state index contributed by atoms with van der Waals surface area (Å²) in [5.74, 6) is 0.395. The molecule has 0 aliphatic heterocycles. The molecule has 4 heteroatoms. The van der Waals surface area contributed by atoms with E-state index in [4.69, 9.17) is 23.1 Å². The average Bonchev–Trinajstić information content (AvgIpc) is 2.08. The van der Waals surface area contributed by atoms with Gasteiger partial charge in [0.25, 0.3) is 0 Å². The molecule has 1 rings (SSSR count). The van der Waals surface area contributed by atoms with Crippen LogP contribution in [-0.2, 0) is 0 Å². The number of hydrogen-bond donors (Lipinski definition) is 2. The first kappa shape index (κ1) is 9.03. The van der Waals surface area contributed by atoms with E-state index in [1.807, 2.05) is 0 Å². The third kappa shape index (κ3) is 1.75. The molecule has 0 saturated heterocycles. The molecule has 3 nitrogen and oxygen atoms in total. The molecule has 12 heavy (non-hydrogen) atoms. The van der Waals surface area contributed by atoms with E-state index < -0.39 is 0 Å². The number of aromatic nitrogens is 1. The van der Waals surface area contributed by atoms with Crippen molar-refractivity contribution in [3.8, 4) is 0 Å². The van der Waals surface area contributed by atoms with Crippen LogP contribution in [0.25, 0.3) is 0 Å². The molecule has 0 aromatic carbocycles. The molecular formula is C8H10ClN3. The van der Waals surface area contributed by atoms with Crippen molar-refractivity contribution in [2.24, 2.45) is 5.73 Å². The molecule has 0 bridgehead atoms. The number of nitrogen functional groups attached to an aromatic ring is 1. The van der Waals surface area contributed by atoms with Crippen molar-refractivity contribution in [1.29, 1.82) is 0 Å². The number of halogens is 1. The van der Waals surface area contributed by atoms with Crippen molar-refractivity contribution in [2.75, 3.05) is 5.73 Å². The van der Waals surface area contributed by atoms with Crippen LogP contribution in [-0.4, -0.2) is 4.98 Å². The lowest BCUT2D eigenvalue weighted by molar-refractivity contribution is 0.909. The topological polar surface area (TPSA) is 64.9 Å². The summed E-state index contributed by atoms with van der Waals surface area (Å²) in [6.07, 6.45) is 3.07. The van der Waals surface area contributed by atoms with Crippen LogP contribution in [0.3, 0.4) is 0 Å². The molecule has 0 radical (unpaired) electrons. The van der Waals surface area contributed by atoms with E-state index >= 15 is 0 Å². The van der Waals surface area contributed by atoms with Gasteiger partial charge in [-0.05, 0) is 6.07 Å². The minimum absolute atomic E-state index is 0.309. The summed E-state index contributed by atoms with van der Waals surface area (Å²) in [4.78, 5) is 3.87. The van der Waals surface area contributed by atoms with Gasteiger partial charge < -0.3 is 11.5 Å². The molecule has 4 N–H and O–H groups in total. The van der Waals surface area contributed by atoms with E-state index in [0.717, 1.165) is 0 Å². The van der Waals surface area contributed by atoms with Gasteiger partial charge in [0.05, 0.1) is 11.1 Å². The second kappa shape index (κ2) is 3.56. The lowest BCUT2D eigenvalue weighted by Gasteiger charge is -2.08. The van der Waals surface area contributed by atoms with E-state index in [0.29, 0.717) is 16.4 Å². The first-order valence-corrected chi connectivity index (χ1v) is 3.82. The average molecular weight is 184 g/mol. The fraction of sp³-hybridized carbons (Fsp3) is 0.125. The van der Waals surface area contributed by atoms with Gasteiger partial charge in [-0.2, -0.15) is 0 Å². The predicted octanol–water partition coefficient (Wildman–Crippen LogP) is 1.50. The van der Waals surface area contributed by atoms with Crippen molar-refractivity contribution < 1.29 is 0 Å². The third-order valence-electron chi connectivity index (χ3n) is 1.53. The maximum atomic E-state index is 5.71. The number of rotatable bonds is 2. The molecule has 1 heterocycles. The number of nitrogens with two attached hydrogens (primary N) is 2. The second-order valence-electron chi connectivity index (χ2n) is 2.39. The van der Waals surface area contributed by atoms with Gasteiger partial charge in [0.1, 0.15) is 5.82 Å². The van der Waals surface area contributed by atoms with Crippen molar-refractivity contribution in [3.63, 3.8) is 0 Å². The fourth-order valence-electron chi connectivity index (χ4n) is 0.859. The zero-order valence-corrected chi connectivity index (χ0v) is 7.25. The Hall–Kier alpha value is -1.06. The maximum absolute atomic E-state index is 5.71. The highest BCUT2D eigenvalue weighted by atomic mass is 35.5. The molecule has 1 aromatic rings. The molecule has 0 spiro atoms. The van der Waals surface area contributed by atoms with E-state index in [2.05, 4.69) is 11.6 Å². The van der Waals surface area contributed by atoms with Gasteiger partial charge >= 0.3 is 0 Å². The van der Waals surface area contributed by atoms with Crippen molar-refractivity contribution in [2.45, 2.75) is 6.04 Å².